The van der Waals surface area contributed by atoms with Gasteiger partial charge in [0.2, 0.25) is 11.1 Å². The topological polar surface area (TPSA) is 73.2 Å². The number of hydrogen-bond donors (Lipinski definition) is 1. The van der Waals surface area contributed by atoms with Gasteiger partial charge in [0.1, 0.15) is 0 Å². The van der Waals surface area contributed by atoms with Crippen LogP contribution in [-0.4, -0.2) is 36.3 Å². The maximum Gasteiger partial charge on any atom is 0.325 e. The Balaban J connectivity index is 2.04. The summed E-state index contributed by atoms with van der Waals surface area (Å²) >= 11 is 7.56. The lowest BCUT2D eigenvalue weighted by atomic mass is 10.0. The molecule has 1 aliphatic heterocycles. The number of carbonyl (C=O) groups is 1. The SMILES string of the molecule is CSc1n[n+]2c(c(=O)[nH]1)-c1cc(Cl)ccc1N(C(C)=O)[C@H]2c1ccc(N(C)C)cc1. The quantitative estimate of drug-likeness (QED) is 0.498. The number of aromatic amines is 1. The molecule has 7 nitrogen and oxygen atoms in total. The van der Waals surface area contributed by atoms with E-state index < -0.39 is 6.17 Å². The maximum absolute atomic E-state index is 13.0. The lowest BCUT2D eigenvalue weighted by Crippen LogP contribution is -2.60. The van der Waals surface area contributed by atoms with Gasteiger partial charge in [0.15, 0.2) is 0 Å². The third kappa shape index (κ3) is 3.36. The fourth-order valence-corrected chi connectivity index (χ4v) is 4.21. The molecule has 0 unspecified atom stereocenters. The molecule has 1 N–H and O–H groups in total. The minimum Gasteiger partial charge on any atom is -0.378 e. The highest BCUT2D eigenvalue weighted by Gasteiger charge is 2.45. The molecule has 0 fully saturated rings. The number of carbonyl (C=O) groups excluding carboxylic acids is 1. The summed E-state index contributed by atoms with van der Waals surface area (Å²) in [6, 6.07) is 13.0. The Hall–Kier alpha value is -2.84. The van der Waals surface area contributed by atoms with E-state index in [0.717, 1.165) is 11.3 Å². The minimum absolute atomic E-state index is 0.161. The molecular formula is C21H21ClN5O2S+. The van der Waals surface area contributed by atoms with Crippen LogP contribution in [0.25, 0.3) is 11.3 Å². The molecule has 30 heavy (non-hydrogen) atoms. The Bertz CT molecular complexity index is 1190. The molecule has 1 aliphatic rings. The van der Waals surface area contributed by atoms with Gasteiger partial charge in [-0.15, -0.1) is 0 Å². The van der Waals surface area contributed by atoms with Crippen molar-refractivity contribution in [2.45, 2.75) is 18.2 Å². The molecule has 0 saturated heterocycles. The molecular weight excluding hydrogens is 422 g/mol. The zero-order valence-corrected chi connectivity index (χ0v) is 18.6. The smallest absolute Gasteiger partial charge is 0.325 e. The summed E-state index contributed by atoms with van der Waals surface area (Å²) in [4.78, 5) is 32.3. The number of aromatic nitrogens is 3. The van der Waals surface area contributed by atoms with Gasteiger partial charge in [-0.3, -0.25) is 14.6 Å². The van der Waals surface area contributed by atoms with Crippen molar-refractivity contribution in [3.05, 3.63) is 63.4 Å². The molecule has 0 radical (unpaired) electrons. The second-order valence-electron chi connectivity index (χ2n) is 7.17. The van der Waals surface area contributed by atoms with E-state index in [0.29, 0.717) is 27.1 Å². The number of fused-ring (bicyclic) bond motifs is 3. The molecule has 0 aliphatic carbocycles. The Morgan fingerprint density at radius 1 is 1.23 bits per heavy atom. The molecule has 9 heteroatoms. The number of H-pyrrole nitrogens is 1. The first-order valence-corrected chi connectivity index (χ1v) is 10.9. The molecule has 0 saturated carbocycles. The first-order valence-electron chi connectivity index (χ1n) is 9.29. The van der Waals surface area contributed by atoms with Gasteiger partial charge in [0.25, 0.3) is 6.17 Å². The Morgan fingerprint density at radius 2 is 1.93 bits per heavy atom. The van der Waals surface area contributed by atoms with Gasteiger partial charge in [-0.05, 0) is 53.4 Å². The minimum atomic E-state index is -0.601. The fourth-order valence-electron chi connectivity index (χ4n) is 3.67. The predicted octanol–water partition coefficient (Wildman–Crippen LogP) is 3.08. The molecule has 1 amide bonds. The van der Waals surface area contributed by atoms with Crippen LogP contribution < -0.4 is 20.0 Å². The van der Waals surface area contributed by atoms with E-state index in [1.54, 1.807) is 27.8 Å². The van der Waals surface area contributed by atoms with Crippen LogP contribution >= 0.6 is 23.4 Å². The second-order valence-corrected chi connectivity index (χ2v) is 8.40. The number of thioether (sulfide) groups is 1. The van der Waals surface area contributed by atoms with Crippen molar-refractivity contribution in [2.75, 3.05) is 30.2 Å². The molecule has 1 aromatic heterocycles. The summed E-state index contributed by atoms with van der Waals surface area (Å²) in [5.74, 6) is -0.161. The molecule has 154 valence electrons. The number of nitrogens with one attached hydrogen (secondary N) is 1. The van der Waals surface area contributed by atoms with Crippen molar-refractivity contribution in [3.8, 4) is 11.3 Å². The van der Waals surface area contributed by atoms with Gasteiger partial charge in [-0.25, -0.2) is 4.90 Å². The number of benzene rings is 2. The van der Waals surface area contributed by atoms with E-state index >= 15 is 0 Å². The van der Waals surface area contributed by atoms with Crippen molar-refractivity contribution in [1.29, 1.82) is 0 Å². The highest BCUT2D eigenvalue weighted by Crippen LogP contribution is 2.39. The first kappa shape index (κ1) is 20.4. The van der Waals surface area contributed by atoms with Gasteiger partial charge in [0, 0.05) is 42.4 Å². The van der Waals surface area contributed by atoms with Crippen LogP contribution in [0.4, 0.5) is 11.4 Å². The van der Waals surface area contributed by atoms with Gasteiger partial charge in [-0.1, -0.05) is 23.4 Å². The fraction of sp³-hybridized carbons (Fsp3) is 0.238. The van der Waals surface area contributed by atoms with Gasteiger partial charge in [0.05, 0.1) is 11.3 Å². The lowest BCUT2D eigenvalue weighted by molar-refractivity contribution is -0.763. The van der Waals surface area contributed by atoms with Gasteiger partial charge in [-0.2, -0.15) is 0 Å². The van der Waals surface area contributed by atoms with Crippen LogP contribution in [0, 0.1) is 0 Å². The lowest BCUT2D eigenvalue weighted by Gasteiger charge is -2.31. The molecule has 4 rings (SSSR count). The average molecular weight is 443 g/mol. The van der Waals surface area contributed by atoms with Crippen molar-refractivity contribution in [2.24, 2.45) is 0 Å². The van der Waals surface area contributed by atoms with Crippen LogP contribution in [0.2, 0.25) is 5.02 Å². The number of halogens is 1. The van der Waals surface area contributed by atoms with Crippen molar-refractivity contribution < 1.29 is 9.48 Å². The number of rotatable bonds is 3. The summed E-state index contributed by atoms with van der Waals surface area (Å²) in [6.07, 6.45) is 1.23. The molecule has 0 spiro atoms. The number of anilines is 2. The summed E-state index contributed by atoms with van der Waals surface area (Å²) in [5.41, 5.74) is 3.15. The third-order valence-corrected chi connectivity index (χ3v) is 5.86. The highest BCUT2D eigenvalue weighted by molar-refractivity contribution is 7.98. The van der Waals surface area contributed by atoms with E-state index in [9.17, 15) is 9.59 Å². The van der Waals surface area contributed by atoms with Crippen LogP contribution in [0.1, 0.15) is 18.7 Å². The zero-order chi connectivity index (χ0) is 21.6. The standard InChI is InChI=1S/C21H20ClN5O2S/c1-12(28)26-17-10-7-14(22)11-16(17)18-19(29)23-21(30-4)24-27(18)20(26)13-5-8-15(9-6-13)25(2)3/h5-11,20H,1-4H3/p+1/t20-/m1/s1. The van der Waals surface area contributed by atoms with E-state index in [2.05, 4.69) is 10.1 Å². The molecule has 1 atom stereocenters. The summed E-state index contributed by atoms with van der Waals surface area (Å²) < 4.78 is 1.62. The Labute approximate surface area is 183 Å². The van der Waals surface area contributed by atoms with Crippen molar-refractivity contribution >= 4 is 40.6 Å². The van der Waals surface area contributed by atoms with E-state index in [4.69, 9.17) is 11.6 Å². The summed E-state index contributed by atoms with van der Waals surface area (Å²) in [7, 11) is 3.93. The molecule has 2 aromatic carbocycles. The van der Waals surface area contributed by atoms with Gasteiger partial charge >= 0.3 is 11.3 Å². The maximum atomic E-state index is 13.0. The Kier molecular flexibility index (Phi) is 5.29. The predicted molar refractivity (Wildman–Crippen MR) is 119 cm³/mol. The monoisotopic (exact) mass is 442 g/mol. The second kappa shape index (κ2) is 7.77. The van der Waals surface area contributed by atoms with E-state index in [-0.39, 0.29) is 11.5 Å². The normalized spacial score (nSPS) is 14.8. The van der Waals surface area contributed by atoms with E-state index in [1.807, 2.05) is 49.5 Å². The van der Waals surface area contributed by atoms with Crippen LogP contribution in [0.3, 0.4) is 0 Å². The summed E-state index contributed by atoms with van der Waals surface area (Å²) in [6.45, 7) is 1.51. The van der Waals surface area contributed by atoms with Crippen LogP contribution in [0.15, 0.2) is 52.4 Å². The number of nitrogens with zero attached hydrogens (tertiary/aromatic N) is 4. The first-order chi connectivity index (χ1) is 14.3. The third-order valence-electron chi connectivity index (χ3n) is 5.05. The van der Waals surface area contributed by atoms with Crippen molar-refractivity contribution in [1.82, 2.24) is 10.1 Å². The van der Waals surface area contributed by atoms with Crippen molar-refractivity contribution in [3.63, 3.8) is 0 Å². The Morgan fingerprint density at radius 3 is 2.53 bits per heavy atom. The molecule has 0 bridgehead atoms. The van der Waals surface area contributed by atoms with Crippen LogP contribution in [0.5, 0.6) is 0 Å². The van der Waals surface area contributed by atoms with Gasteiger partial charge < -0.3 is 4.90 Å². The van der Waals surface area contributed by atoms with E-state index in [1.165, 1.54) is 18.7 Å². The largest absolute Gasteiger partial charge is 0.378 e. The zero-order valence-electron chi connectivity index (χ0n) is 17.0. The molecule has 3 aromatic rings. The molecule has 2 heterocycles. The average Bonchev–Trinajstić information content (AvgIpc) is 2.72. The number of amides is 1. The van der Waals surface area contributed by atoms with Crippen LogP contribution in [-0.2, 0) is 4.79 Å². The highest BCUT2D eigenvalue weighted by atomic mass is 35.5. The summed E-state index contributed by atoms with van der Waals surface area (Å²) in [5, 5.41) is 5.59. The number of hydrogen-bond acceptors (Lipinski definition) is 5.